The van der Waals surface area contributed by atoms with Crippen molar-refractivity contribution >= 4 is 33.6 Å². The summed E-state index contributed by atoms with van der Waals surface area (Å²) < 4.78 is 6.66. The first kappa shape index (κ1) is 15.3. The summed E-state index contributed by atoms with van der Waals surface area (Å²) in [4.78, 5) is 14.3. The van der Waals surface area contributed by atoms with E-state index in [-0.39, 0.29) is 6.09 Å². The van der Waals surface area contributed by atoms with Gasteiger partial charge in [0.15, 0.2) is 5.75 Å². The Kier molecular flexibility index (Phi) is 4.81. The van der Waals surface area contributed by atoms with Gasteiger partial charge in [0.2, 0.25) is 0 Å². The Balaban J connectivity index is 2.48. The molecule has 4 heteroatoms. The van der Waals surface area contributed by atoms with Gasteiger partial charge in [0.1, 0.15) is 0 Å². The summed E-state index contributed by atoms with van der Waals surface area (Å²) >= 11 is 1.62. The van der Waals surface area contributed by atoms with Crippen LogP contribution in [0.25, 0.3) is 16.2 Å². The number of benzene rings is 1. The number of rotatable bonds is 3. The highest BCUT2D eigenvalue weighted by molar-refractivity contribution is 7.20. The molecule has 3 nitrogen and oxygen atoms in total. The standard InChI is InChI=1S/C17H19NO2S/c1-5-12(2)10-11-15-16(20-17(19)18(3)4)13-8-6-7-9-14(13)21-15/h5-11H,1-4H3/b11-10+,12-5+. The zero-order chi connectivity index (χ0) is 15.4. The summed E-state index contributed by atoms with van der Waals surface area (Å²) in [6.07, 6.45) is 5.70. The maximum absolute atomic E-state index is 11.9. The Labute approximate surface area is 129 Å². The number of allylic oxidation sites excluding steroid dienone is 3. The van der Waals surface area contributed by atoms with Crippen LogP contribution >= 0.6 is 11.3 Å². The van der Waals surface area contributed by atoms with Crippen LogP contribution in [0.4, 0.5) is 4.79 Å². The van der Waals surface area contributed by atoms with Crippen LogP contribution in [0.3, 0.4) is 0 Å². The molecule has 0 N–H and O–H groups in total. The average Bonchev–Trinajstić information content (AvgIpc) is 2.82. The predicted octanol–water partition coefficient (Wildman–Crippen LogP) is 4.94. The van der Waals surface area contributed by atoms with E-state index in [1.54, 1.807) is 25.4 Å². The van der Waals surface area contributed by atoms with Crippen LogP contribution in [0.5, 0.6) is 5.75 Å². The molecule has 0 saturated carbocycles. The second-order valence-corrected chi connectivity index (χ2v) is 6.00. The summed E-state index contributed by atoms with van der Waals surface area (Å²) in [6.45, 7) is 4.03. The molecule has 0 aliphatic carbocycles. The van der Waals surface area contributed by atoms with Gasteiger partial charge in [0.25, 0.3) is 0 Å². The van der Waals surface area contributed by atoms with Gasteiger partial charge in [-0.25, -0.2) is 4.79 Å². The molecule has 0 unspecified atom stereocenters. The molecule has 1 aromatic carbocycles. The normalized spacial score (nSPS) is 12.1. The van der Waals surface area contributed by atoms with Crippen LogP contribution in [0.1, 0.15) is 18.7 Å². The average molecular weight is 301 g/mol. The smallest absolute Gasteiger partial charge is 0.408 e. The lowest BCUT2D eigenvalue weighted by molar-refractivity contribution is 0.172. The van der Waals surface area contributed by atoms with Crippen LogP contribution in [0, 0.1) is 0 Å². The van der Waals surface area contributed by atoms with E-state index >= 15 is 0 Å². The topological polar surface area (TPSA) is 29.5 Å². The van der Waals surface area contributed by atoms with Crippen molar-refractivity contribution in [2.24, 2.45) is 0 Å². The number of nitrogens with zero attached hydrogens (tertiary/aromatic N) is 1. The van der Waals surface area contributed by atoms with Gasteiger partial charge in [-0.2, -0.15) is 0 Å². The molecule has 1 amide bonds. The Bertz CT molecular complexity index is 711. The summed E-state index contributed by atoms with van der Waals surface area (Å²) in [5, 5.41) is 0.968. The zero-order valence-electron chi connectivity index (χ0n) is 12.7. The Morgan fingerprint density at radius 1 is 1.29 bits per heavy atom. The molecule has 110 valence electrons. The van der Waals surface area contributed by atoms with Crippen LogP contribution in [0.15, 0.2) is 42.0 Å². The molecule has 0 spiro atoms. The molecular formula is C17H19NO2S. The number of carbonyl (C=O) groups is 1. The molecule has 0 aliphatic heterocycles. The molecule has 0 saturated heterocycles. The molecule has 21 heavy (non-hydrogen) atoms. The van der Waals surface area contributed by atoms with Crippen molar-refractivity contribution in [3.05, 3.63) is 46.9 Å². The molecule has 2 rings (SSSR count). The minimum Gasteiger partial charge on any atom is -0.408 e. The van der Waals surface area contributed by atoms with Crippen molar-refractivity contribution < 1.29 is 9.53 Å². The number of carbonyl (C=O) groups excluding carboxylic acids is 1. The second kappa shape index (κ2) is 6.59. The molecule has 0 atom stereocenters. The number of ether oxygens (including phenoxy) is 1. The SMILES string of the molecule is C/C=C(C)/C=C/c1sc2ccccc2c1OC(=O)N(C)C. The third-order valence-corrected chi connectivity index (χ3v) is 4.20. The Hall–Kier alpha value is -2.07. The van der Waals surface area contributed by atoms with Gasteiger partial charge < -0.3 is 9.64 Å². The summed E-state index contributed by atoms with van der Waals surface area (Å²) in [5.41, 5.74) is 1.16. The van der Waals surface area contributed by atoms with Crippen LogP contribution in [-0.2, 0) is 0 Å². The van der Waals surface area contributed by atoms with Gasteiger partial charge >= 0.3 is 6.09 Å². The van der Waals surface area contributed by atoms with Gasteiger partial charge in [-0.1, -0.05) is 29.9 Å². The number of hydrogen-bond acceptors (Lipinski definition) is 3. The first-order valence-electron chi connectivity index (χ1n) is 6.74. The highest BCUT2D eigenvalue weighted by Crippen LogP contribution is 2.39. The van der Waals surface area contributed by atoms with E-state index in [9.17, 15) is 4.79 Å². The van der Waals surface area contributed by atoms with Crippen LogP contribution in [0.2, 0.25) is 0 Å². The molecular weight excluding hydrogens is 282 g/mol. The van der Waals surface area contributed by atoms with Gasteiger partial charge in [0.05, 0.1) is 4.88 Å². The zero-order valence-corrected chi connectivity index (χ0v) is 13.5. The Morgan fingerprint density at radius 3 is 2.67 bits per heavy atom. The van der Waals surface area contributed by atoms with E-state index in [1.165, 1.54) is 4.90 Å². The van der Waals surface area contributed by atoms with E-state index < -0.39 is 0 Å². The van der Waals surface area contributed by atoms with E-state index in [0.29, 0.717) is 5.75 Å². The summed E-state index contributed by atoms with van der Waals surface area (Å²) in [7, 11) is 3.35. The monoisotopic (exact) mass is 301 g/mol. The molecule has 1 aromatic heterocycles. The van der Waals surface area contributed by atoms with Gasteiger partial charge in [0, 0.05) is 24.2 Å². The third kappa shape index (κ3) is 3.52. The van der Waals surface area contributed by atoms with Crippen molar-refractivity contribution in [2.75, 3.05) is 14.1 Å². The molecule has 0 fully saturated rings. The number of thiophene rings is 1. The fourth-order valence-corrected chi connectivity index (χ4v) is 2.77. The van der Waals surface area contributed by atoms with Crippen LogP contribution < -0.4 is 4.74 Å². The summed E-state index contributed by atoms with van der Waals surface area (Å²) in [6, 6.07) is 7.95. The van der Waals surface area contributed by atoms with E-state index in [1.807, 2.05) is 56.3 Å². The number of hydrogen-bond donors (Lipinski definition) is 0. The largest absolute Gasteiger partial charge is 0.414 e. The predicted molar refractivity (Wildman–Crippen MR) is 90.0 cm³/mol. The quantitative estimate of drug-likeness (QED) is 0.751. The molecule has 0 bridgehead atoms. The van der Waals surface area contributed by atoms with Crippen molar-refractivity contribution in [1.82, 2.24) is 4.90 Å². The van der Waals surface area contributed by atoms with Crippen molar-refractivity contribution in [2.45, 2.75) is 13.8 Å². The molecule has 2 aromatic rings. The van der Waals surface area contributed by atoms with Crippen molar-refractivity contribution in [3.8, 4) is 5.75 Å². The fourth-order valence-electron chi connectivity index (χ4n) is 1.74. The number of fused-ring (bicyclic) bond motifs is 1. The second-order valence-electron chi connectivity index (χ2n) is 4.92. The van der Waals surface area contributed by atoms with Crippen molar-refractivity contribution in [3.63, 3.8) is 0 Å². The molecule has 0 aliphatic rings. The molecule has 1 heterocycles. The lowest BCUT2D eigenvalue weighted by atomic mass is 10.2. The highest BCUT2D eigenvalue weighted by Gasteiger charge is 2.16. The van der Waals surface area contributed by atoms with E-state index in [0.717, 1.165) is 20.5 Å². The van der Waals surface area contributed by atoms with Gasteiger partial charge in [-0.3, -0.25) is 0 Å². The Morgan fingerprint density at radius 2 is 2.00 bits per heavy atom. The van der Waals surface area contributed by atoms with Gasteiger partial charge in [-0.05, 0) is 32.1 Å². The fraction of sp³-hybridized carbons (Fsp3) is 0.235. The lowest BCUT2D eigenvalue weighted by Gasteiger charge is -2.10. The van der Waals surface area contributed by atoms with Gasteiger partial charge in [-0.15, -0.1) is 11.3 Å². The maximum atomic E-state index is 11.9. The molecule has 0 radical (unpaired) electrons. The van der Waals surface area contributed by atoms with Crippen LogP contribution in [-0.4, -0.2) is 25.1 Å². The third-order valence-electron chi connectivity index (χ3n) is 3.08. The first-order chi connectivity index (χ1) is 10.0. The summed E-state index contributed by atoms with van der Waals surface area (Å²) in [5.74, 6) is 0.634. The lowest BCUT2D eigenvalue weighted by Crippen LogP contribution is -2.25. The number of amides is 1. The van der Waals surface area contributed by atoms with E-state index in [4.69, 9.17) is 4.74 Å². The first-order valence-corrected chi connectivity index (χ1v) is 7.56. The minimum absolute atomic E-state index is 0.365. The van der Waals surface area contributed by atoms with Crippen molar-refractivity contribution in [1.29, 1.82) is 0 Å². The van der Waals surface area contributed by atoms with E-state index in [2.05, 4.69) is 0 Å². The minimum atomic E-state index is -0.365. The maximum Gasteiger partial charge on any atom is 0.414 e. The highest BCUT2D eigenvalue weighted by atomic mass is 32.1.